The van der Waals surface area contributed by atoms with Crippen molar-refractivity contribution in [1.82, 2.24) is 9.55 Å². The van der Waals surface area contributed by atoms with E-state index < -0.39 is 6.04 Å². The first-order valence-electron chi connectivity index (χ1n) is 5.60. The Labute approximate surface area is 105 Å². The molecule has 0 aliphatic heterocycles. The maximum atomic E-state index is 11.6. The van der Waals surface area contributed by atoms with Crippen LogP contribution in [0.4, 0.5) is 5.69 Å². The van der Waals surface area contributed by atoms with Gasteiger partial charge in [-0.25, -0.2) is 9.78 Å². The number of methoxy groups -OCH3 is 1. The smallest absolute Gasteiger partial charge is 0.328 e. The highest BCUT2D eigenvalue weighted by molar-refractivity contribution is 5.75. The van der Waals surface area contributed by atoms with Gasteiger partial charge in [-0.1, -0.05) is 12.1 Å². The fourth-order valence-electron chi connectivity index (χ4n) is 1.81. The van der Waals surface area contributed by atoms with E-state index in [1.807, 2.05) is 18.2 Å². The van der Waals surface area contributed by atoms with Crippen molar-refractivity contribution in [2.45, 2.75) is 13.0 Å². The number of nitrogens with zero attached hydrogens (tertiary/aromatic N) is 2. The fraction of sp³-hybridized carbons (Fsp3) is 0.231. The highest BCUT2D eigenvalue weighted by Gasteiger charge is 2.18. The van der Waals surface area contributed by atoms with Gasteiger partial charge in [0.15, 0.2) is 0 Å². The van der Waals surface area contributed by atoms with Gasteiger partial charge in [-0.15, -0.1) is 0 Å². The Hall–Kier alpha value is -2.30. The molecule has 0 aliphatic carbocycles. The minimum absolute atomic E-state index is 0.307. The van der Waals surface area contributed by atoms with Crippen LogP contribution in [0.3, 0.4) is 0 Å². The first kappa shape index (κ1) is 12.2. The van der Waals surface area contributed by atoms with Gasteiger partial charge in [0.1, 0.15) is 11.9 Å². The summed E-state index contributed by atoms with van der Waals surface area (Å²) in [5.74, 6) is 0.387. The van der Waals surface area contributed by atoms with Crippen LogP contribution in [-0.4, -0.2) is 22.6 Å². The van der Waals surface area contributed by atoms with Crippen molar-refractivity contribution in [2.24, 2.45) is 0 Å². The summed E-state index contributed by atoms with van der Waals surface area (Å²) in [5, 5.41) is 0. The second kappa shape index (κ2) is 4.91. The van der Waals surface area contributed by atoms with Gasteiger partial charge in [0, 0.05) is 23.6 Å². The van der Waals surface area contributed by atoms with E-state index in [2.05, 4.69) is 4.98 Å². The summed E-state index contributed by atoms with van der Waals surface area (Å²) in [6.07, 6.45) is 3.40. The average Bonchev–Trinajstić information content (AvgIpc) is 2.86. The Kier molecular flexibility index (Phi) is 3.32. The average molecular weight is 245 g/mol. The lowest BCUT2D eigenvalue weighted by Gasteiger charge is -2.14. The Balaban J connectivity index is 2.42. The molecule has 1 atom stereocenters. The van der Waals surface area contributed by atoms with Crippen LogP contribution in [0.15, 0.2) is 36.7 Å². The normalized spacial score (nSPS) is 12.1. The van der Waals surface area contributed by atoms with Crippen molar-refractivity contribution in [3.8, 4) is 11.4 Å². The minimum Gasteiger partial charge on any atom is -0.467 e. The Morgan fingerprint density at radius 3 is 2.94 bits per heavy atom. The zero-order valence-corrected chi connectivity index (χ0v) is 10.3. The summed E-state index contributed by atoms with van der Waals surface area (Å²) in [4.78, 5) is 15.8. The molecule has 18 heavy (non-hydrogen) atoms. The first-order valence-corrected chi connectivity index (χ1v) is 5.60. The number of aromatic nitrogens is 2. The summed E-state index contributed by atoms with van der Waals surface area (Å²) >= 11 is 0. The standard InChI is InChI=1S/C13H15N3O2/c1-9(13(17)18-2)16-7-6-15-12(16)10-4-3-5-11(14)8-10/h3-9H,14H2,1-2H3. The lowest BCUT2D eigenvalue weighted by molar-refractivity contribution is -0.143. The van der Waals surface area contributed by atoms with E-state index in [1.165, 1.54) is 7.11 Å². The van der Waals surface area contributed by atoms with Gasteiger partial charge in [0.2, 0.25) is 0 Å². The highest BCUT2D eigenvalue weighted by atomic mass is 16.5. The molecule has 0 saturated carbocycles. The monoisotopic (exact) mass is 245 g/mol. The van der Waals surface area contributed by atoms with Gasteiger partial charge in [0.25, 0.3) is 0 Å². The molecule has 0 bridgehead atoms. The fourth-order valence-corrected chi connectivity index (χ4v) is 1.81. The maximum absolute atomic E-state index is 11.6. The molecule has 0 saturated heterocycles. The molecule has 2 rings (SSSR count). The van der Waals surface area contributed by atoms with Crippen LogP contribution in [0.2, 0.25) is 0 Å². The summed E-state index contributed by atoms with van der Waals surface area (Å²) in [7, 11) is 1.37. The zero-order valence-electron chi connectivity index (χ0n) is 10.3. The van der Waals surface area contributed by atoms with Crippen LogP contribution in [0.5, 0.6) is 0 Å². The molecule has 5 heteroatoms. The van der Waals surface area contributed by atoms with E-state index in [9.17, 15) is 4.79 Å². The summed E-state index contributed by atoms with van der Waals surface area (Å²) < 4.78 is 6.50. The van der Waals surface area contributed by atoms with Crippen LogP contribution in [0.25, 0.3) is 11.4 Å². The number of nitrogen functional groups attached to an aromatic ring is 1. The van der Waals surface area contributed by atoms with E-state index >= 15 is 0 Å². The van der Waals surface area contributed by atoms with E-state index in [-0.39, 0.29) is 5.97 Å². The third-order valence-corrected chi connectivity index (χ3v) is 2.77. The molecule has 0 aliphatic rings. The number of carbonyl (C=O) groups is 1. The van der Waals surface area contributed by atoms with Gasteiger partial charge in [-0.3, -0.25) is 0 Å². The number of carbonyl (C=O) groups excluding carboxylic acids is 1. The van der Waals surface area contributed by atoms with Crippen LogP contribution in [0.1, 0.15) is 13.0 Å². The molecule has 2 aromatic rings. The lowest BCUT2D eigenvalue weighted by atomic mass is 10.2. The molecule has 0 amide bonds. The van der Waals surface area contributed by atoms with Crippen molar-refractivity contribution in [3.63, 3.8) is 0 Å². The number of rotatable bonds is 3. The van der Waals surface area contributed by atoms with Crippen LogP contribution >= 0.6 is 0 Å². The zero-order chi connectivity index (χ0) is 13.1. The second-order valence-electron chi connectivity index (χ2n) is 3.98. The molecule has 0 fully saturated rings. The van der Waals surface area contributed by atoms with E-state index in [4.69, 9.17) is 10.5 Å². The van der Waals surface area contributed by atoms with Gasteiger partial charge in [-0.2, -0.15) is 0 Å². The Morgan fingerprint density at radius 2 is 2.28 bits per heavy atom. The number of benzene rings is 1. The first-order chi connectivity index (χ1) is 8.63. The molecule has 0 spiro atoms. The summed E-state index contributed by atoms with van der Waals surface area (Å²) in [6, 6.07) is 6.96. The Bertz CT molecular complexity index is 563. The molecule has 1 unspecified atom stereocenters. The van der Waals surface area contributed by atoms with Crippen LogP contribution < -0.4 is 5.73 Å². The third kappa shape index (κ3) is 2.20. The summed E-state index contributed by atoms with van der Waals surface area (Å²) in [6.45, 7) is 1.77. The second-order valence-corrected chi connectivity index (χ2v) is 3.98. The molecule has 5 nitrogen and oxygen atoms in total. The topological polar surface area (TPSA) is 70.1 Å². The third-order valence-electron chi connectivity index (χ3n) is 2.77. The maximum Gasteiger partial charge on any atom is 0.328 e. The van der Waals surface area contributed by atoms with Crippen molar-refractivity contribution in [1.29, 1.82) is 0 Å². The summed E-state index contributed by atoms with van der Waals surface area (Å²) in [5.41, 5.74) is 7.28. The predicted octanol–water partition coefficient (Wildman–Crippen LogP) is 1.87. The van der Waals surface area contributed by atoms with Gasteiger partial charge in [0.05, 0.1) is 7.11 Å². The highest BCUT2D eigenvalue weighted by Crippen LogP contribution is 2.23. The van der Waals surface area contributed by atoms with Crippen LogP contribution in [-0.2, 0) is 9.53 Å². The molecule has 1 aromatic carbocycles. The molecular formula is C13H15N3O2. The molecule has 94 valence electrons. The van der Waals surface area contributed by atoms with Crippen molar-refractivity contribution >= 4 is 11.7 Å². The van der Waals surface area contributed by atoms with Crippen molar-refractivity contribution in [3.05, 3.63) is 36.7 Å². The van der Waals surface area contributed by atoms with E-state index in [0.717, 1.165) is 5.56 Å². The number of hydrogen-bond donors (Lipinski definition) is 1. The Morgan fingerprint density at radius 1 is 1.50 bits per heavy atom. The van der Waals surface area contributed by atoms with Gasteiger partial charge in [-0.05, 0) is 19.1 Å². The number of esters is 1. The molecule has 0 radical (unpaired) electrons. The number of hydrogen-bond acceptors (Lipinski definition) is 4. The van der Waals surface area contributed by atoms with Gasteiger partial charge >= 0.3 is 5.97 Å². The number of ether oxygens (including phenoxy) is 1. The minimum atomic E-state index is -0.422. The molecule has 2 N–H and O–H groups in total. The van der Waals surface area contributed by atoms with E-state index in [0.29, 0.717) is 11.5 Å². The molecule has 1 heterocycles. The van der Waals surface area contributed by atoms with Gasteiger partial charge < -0.3 is 15.0 Å². The van der Waals surface area contributed by atoms with E-state index in [1.54, 1.807) is 30.0 Å². The van der Waals surface area contributed by atoms with Crippen LogP contribution in [0, 0.1) is 0 Å². The predicted molar refractivity (Wildman–Crippen MR) is 68.8 cm³/mol. The quantitative estimate of drug-likeness (QED) is 0.662. The van der Waals surface area contributed by atoms with Crippen molar-refractivity contribution in [2.75, 3.05) is 12.8 Å². The lowest BCUT2D eigenvalue weighted by Crippen LogP contribution is -2.18. The van der Waals surface area contributed by atoms with Crippen molar-refractivity contribution < 1.29 is 9.53 Å². The number of nitrogens with two attached hydrogens (primary N) is 1. The number of imidazole rings is 1. The molecular weight excluding hydrogens is 230 g/mol. The molecule has 1 aromatic heterocycles. The largest absolute Gasteiger partial charge is 0.467 e. The number of anilines is 1. The SMILES string of the molecule is COC(=O)C(C)n1ccnc1-c1cccc(N)c1.